The standard InChI is InChI=1S/C36H26N2/c1-2-26-13-15-31(16-14-26)34-25-35(32-21-17-29(18-22-32)27-9-5-3-6-10-27)38-36(37-34)33-23-19-30(20-24-33)28-11-7-4-8-12-28/h2-25H,1H2. The molecule has 0 N–H and O–H groups in total. The molecule has 180 valence electrons. The average molecular weight is 487 g/mol. The van der Waals surface area contributed by atoms with Crippen LogP contribution in [0.15, 0.2) is 146 Å². The lowest BCUT2D eigenvalue weighted by Gasteiger charge is -2.11. The van der Waals surface area contributed by atoms with Crippen molar-refractivity contribution in [1.29, 1.82) is 0 Å². The van der Waals surface area contributed by atoms with Crippen LogP contribution in [0.1, 0.15) is 5.56 Å². The van der Waals surface area contributed by atoms with E-state index in [9.17, 15) is 0 Å². The summed E-state index contributed by atoms with van der Waals surface area (Å²) in [6.45, 7) is 3.87. The van der Waals surface area contributed by atoms with Crippen LogP contribution < -0.4 is 0 Å². The number of nitrogens with zero attached hydrogens (tertiary/aromatic N) is 2. The third kappa shape index (κ3) is 4.93. The Bertz CT molecular complexity index is 1570. The van der Waals surface area contributed by atoms with Crippen LogP contribution in [-0.4, -0.2) is 9.97 Å². The highest BCUT2D eigenvalue weighted by atomic mass is 14.9. The van der Waals surface area contributed by atoms with Gasteiger partial charge in [0.25, 0.3) is 0 Å². The van der Waals surface area contributed by atoms with Crippen LogP contribution in [0.4, 0.5) is 0 Å². The molecule has 0 bridgehead atoms. The second-order valence-electron chi connectivity index (χ2n) is 9.17. The molecule has 0 spiro atoms. The Morgan fingerprint density at radius 2 is 0.763 bits per heavy atom. The van der Waals surface area contributed by atoms with Gasteiger partial charge in [0.1, 0.15) is 0 Å². The normalized spacial score (nSPS) is 10.7. The minimum atomic E-state index is 0.706. The highest BCUT2D eigenvalue weighted by Crippen LogP contribution is 2.30. The molecule has 0 saturated heterocycles. The lowest BCUT2D eigenvalue weighted by atomic mass is 10.0. The number of hydrogen-bond donors (Lipinski definition) is 0. The van der Waals surface area contributed by atoms with Gasteiger partial charge in [0.15, 0.2) is 5.82 Å². The van der Waals surface area contributed by atoms with Crippen molar-refractivity contribution in [3.05, 3.63) is 152 Å². The van der Waals surface area contributed by atoms with Crippen molar-refractivity contribution in [3.8, 4) is 56.2 Å². The van der Waals surface area contributed by atoms with E-state index in [1.807, 2.05) is 18.2 Å². The summed E-state index contributed by atoms with van der Waals surface area (Å²) in [5.41, 5.74) is 10.7. The first kappa shape index (κ1) is 23.3. The molecule has 1 aromatic heterocycles. The Kier molecular flexibility index (Phi) is 6.44. The lowest BCUT2D eigenvalue weighted by molar-refractivity contribution is 1.18. The number of rotatable bonds is 6. The van der Waals surface area contributed by atoms with Crippen molar-refractivity contribution in [2.24, 2.45) is 0 Å². The summed E-state index contributed by atoms with van der Waals surface area (Å²) in [5.74, 6) is 0.706. The minimum Gasteiger partial charge on any atom is -0.228 e. The molecule has 0 saturated carbocycles. The number of benzene rings is 5. The summed E-state index contributed by atoms with van der Waals surface area (Å²) in [7, 11) is 0. The maximum atomic E-state index is 5.01. The fourth-order valence-electron chi connectivity index (χ4n) is 4.57. The second kappa shape index (κ2) is 10.5. The molecule has 0 aliphatic rings. The molecule has 6 aromatic rings. The molecule has 0 amide bonds. The van der Waals surface area contributed by atoms with Crippen LogP contribution >= 0.6 is 0 Å². The second-order valence-corrected chi connectivity index (χ2v) is 9.17. The maximum absolute atomic E-state index is 5.01. The first-order valence-electron chi connectivity index (χ1n) is 12.7. The Balaban J connectivity index is 1.42. The van der Waals surface area contributed by atoms with Crippen molar-refractivity contribution in [1.82, 2.24) is 9.97 Å². The summed E-state index contributed by atoms with van der Waals surface area (Å²) < 4.78 is 0. The van der Waals surface area contributed by atoms with Gasteiger partial charge in [-0.05, 0) is 33.9 Å². The Morgan fingerprint density at radius 3 is 1.21 bits per heavy atom. The van der Waals surface area contributed by atoms with Gasteiger partial charge in [-0.1, -0.05) is 146 Å². The largest absolute Gasteiger partial charge is 0.228 e. The molecule has 2 heteroatoms. The molecule has 5 aromatic carbocycles. The summed E-state index contributed by atoms with van der Waals surface area (Å²) in [6.07, 6.45) is 1.85. The Morgan fingerprint density at radius 1 is 0.395 bits per heavy atom. The number of hydrogen-bond acceptors (Lipinski definition) is 2. The third-order valence-corrected chi connectivity index (χ3v) is 6.71. The van der Waals surface area contributed by atoms with Crippen LogP contribution in [0.3, 0.4) is 0 Å². The summed E-state index contributed by atoms with van der Waals surface area (Å²) in [6, 6.07) is 48.2. The molecule has 2 nitrogen and oxygen atoms in total. The van der Waals surface area contributed by atoms with E-state index in [1.54, 1.807) is 0 Å². The van der Waals surface area contributed by atoms with E-state index in [-0.39, 0.29) is 0 Å². The summed E-state index contributed by atoms with van der Waals surface area (Å²) >= 11 is 0. The SMILES string of the molecule is C=Cc1ccc(-c2cc(-c3ccc(-c4ccccc4)cc3)nc(-c3ccc(-c4ccccc4)cc3)n2)cc1. The zero-order chi connectivity index (χ0) is 25.7. The predicted octanol–water partition coefficient (Wildman–Crippen LogP) is 9.45. The van der Waals surface area contributed by atoms with Gasteiger partial charge in [0.2, 0.25) is 0 Å². The van der Waals surface area contributed by atoms with E-state index in [0.717, 1.165) is 33.6 Å². The van der Waals surface area contributed by atoms with Gasteiger partial charge in [0, 0.05) is 16.7 Å². The van der Waals surface area contributed by atoms with E-state index in [1.165, 1.54) is 22.3 Å². The molecular formula is C36H26N2. The van der Waals surface area contributed by atoms with Gasteiger partial charge in [-0.3, -0.25) is 0 Å². The van der Waals surface area contributed by atoms with Crippen molar-refractivity contribution >= 4 is 6.08 Å². The molecule has 0 aliphatic heterocycles. The van der Waals surface area contributed by atoms with Crippen LogP contribution in [-0.2, 0) is 0 Å². The maximum Gasteiger partial charge on any atom is 0.160 e. The van der Waals surface area contributed by atoms with Crippen LogP contribution in [0.25, 0.3) is 62.2 Å². The van der Waals surface area contributed by atoms with Gasteiger partial charge in [-0.2, -0.15) is 0 Å². The number of aromatic nitrogens is 2. The fourth-order valence-corrected chi connectivity index (χ4v) is 4.57. The van der Waals surface area contributed by atoms with Crippen LogP contribution in [0.5, 0.6) is 0 Å². The predicted molar refractivity (Wildman–Crippen MR) is 159 cm³/mol. The first-order valence-corrected chi connectivity index (χ1v) is 12.7. The van der Waals surface area contributed by atoms with E-state index < -0.39 is 0 Å². The zero-order valence-corrected chi connectivity index (χ0v) is 21.0. The minimum absolute atomic E-state index is 0.706. The summed E-state index contributed by atoms with van der Waals surface area (Å²) in [4.78, 5) is 10.00. The van der Waals surface area contributed by atoms with E-state index in [0.29, 0.717) is 5.82 Å². The van der Waals surface area contributed by atoms with E-state index in [2.05, 4.69) is 134 Å². The topological polar surface area (TPSA) is 25.8 Å². The third-order valence-electron chi connectivity index (χ3n) is 6.71. The van der Waals surface area contributed by atoms with E-state index in [4.69, 9.17) is 9.97 Å². The Labute approximate surface area is 223 Å². The molecule has 0 radical (unpaired) electrons. The quantitative estimate of drug-likeness (QED) is 0.234. The molecule has 6 rings (SSSR count). The lowest BCUT2D eigenvalue weighted by Crippen LogP contribution is -1.96. The average Bonchev–Trinajstić information content (AvgIpc) is 3.02. The highest BCUT2D eigenvalue weighted by molar-refractivity contribution is 5.75. The fraction of sp³-hybridized carbons (Fsp3) is 0. The molecule has 0 atom stereocenters. The van der Waals surface area contributed by atoms with Gasteiger partial charge < -0.3 is 0 Å². The van der Waals surface area contributed by atoms with Gasteiger partial charge in [0.05, 0.1) is 11.4 Å². The van der Waals surface area contributed by atoms with Crippen molar-refractivity contribution < 1.29 is 0 Å². The van der Waals surface area contributed by atoms with E-state index >= 15 is 0 Å². The van der Waals surface area contributed by atoms with Crippen LogP contribution in [0.2, 0.25) is 0 Å². The van der Waals surface area contributed by atoms with Crippen molar-refractivity contribution in [3.63, 3.8) is 0 Å². The van der Waals surface area contributed by atoms with Crippen LogP contribution in [0, 0.1) is 0 Å². The molecular weight excluding hydrogens is 460 g/mol. The smallest absolute Gasteiger partial charge is 0.160 e. The summed E-state index contributed by atoms with van der Waals surface area (Å²) in [5, 5.41) is 0. The van der Waals surface area contributed by atoms with Gasteiger partial charge >= 0.3 is 0 Å². The Hall–Kier alpha value is -5.08. The monoisotopic (exact) mass is 486 g/mol. The van der Waals surface area contributed by atoms with Gasteiger partial charge in [-0.25, -0.2) is 9.97 Å². The van der Waals surface area contributed by atoms with Crippen molar-refractivity contribution in [2.45, 2.75) is 0 Å². The molecule has 0 fully saturated rings. The highest BCUT2D eigenvalue weighted by Gasteiger charge is 2.11. The molecule has 38 heavy (non-hydrogen) atoms. The van der Waals surface area contributed by atoms with Gasteiger partial charge in [-0.15, -0.1) is 0 Å². The van der Waals surface area contributed by atoms with Crippen molar-refractivity contribution in [2.75, 3.05) is 0 Å². The molecule has 1 heterocycles. The zero-order valence-electron chi connectivity index (χ0n) is 21.0. The first-order chi connectivity index (χ1) is 18.8. The molecule has 0 aliphatic carbocycles. The molecule has 0 unspecified atom stereocenters.